The fraction of sp³-hybridized carbons (Fsp3) is 0.381. The lowest BCUT2D eigenvalue weighted by molar-refractivity contribution is -0.140. The standard InChI is InChI=1S/C21H25ClN2O4S/c1-3-20(28-18-8-6-17(22)7-9-18)21(25)23-12-14-24(15-13-23)29(26,27)19-10-4-16(2)5-11-19/h4-11,20H,3,12-15H2,1-2H3/t20-/m1/s1. The molecule has 1 heterocycles. The van der Waals surface area contributed by atoms with E-state index >= 15 is 0 Å². The lowest BCUT2D eigenvalue weighted by atomic mass is 10.2. The maximum atomic E-state index is 12.9. The second-order valence-electron chi connectivity index (χ2n) is 7.01. The quantitative estimate of drug-likeness (QED) is 0.696. The third kappa shape index (κ3) is 5.10. The van der Waals surface area contributed by atoms with Crippen molar-refractivity contribution in [1.82, 2.24) is 9.21 Å². The van der Waals surface area contributed by atoms with E-state index in [1.807, 2.05) is 13.8 Å². The molecule has 1 aliphatic heterocycles. The van der Waals surface area contributed by atoms with Gasteiger partial charge in [-0.1, -0.05) is 36.2 Å². The van der Waals surface area contributed by atoms with Crippen LogP contribution in [0.2, 0.25) is 5.02 Å². The molecule has 156 valence electrons. The lowest BCUT2D eigenvalue weighted by Crippen LogP contribution is -2.53. The van der Waals surface area contributed by atoms with Gasteiger partial charge in [-0.05, 0) is 49.7 Å². The average Bonchev–Trinajstić information content (AvgIpc) is 2.73. The van der Waals surface area contributed by atoms with Gasteiger partial charge in [0.15, 0.2) is 6.10 Å². The van der Waals surface area contributed by atoms with Crippen LogP contribution in [0.25, 0.3) is 0 Å². The molecule has 0 aliphatic carbocycles. The number of rotatable bonds is 6. The highest BCUT2D eigenvalue weighted by Crippen LogP contribution is 2.21. The van der Waals surface area contributed by atoms with Crippen LogP contribution in [0.4, 0.5) is 0 Å². The zero-order valence-corrected chi connectivity index (χ0v) is 18.1. The van der Waals surface area contributed by atoms with E-state index < -0.39 is 16.1 Å². The Morgan fingerprint density at radius 2 is 1.62 bits per heavy atom. The second kappa shape index (κ2) is 9.15. The van der Waals surface area contributed by atoms with E-state index in [1.54, 1.807) is 53.4 Å². The molecule has 6 nitrogen and oxygen atoms in total. The topological polar surface area (TPSA) is 66.9 Å². The molecule has 0 aromatic heterocycles. The van der Waals surface area contributed by atoms with Crippen LogP contribution in [-0.2, 0) is 14.8 Å². The van der Waals surface area contributed by atoms with Gasteiger partial charge in [0.25, 0.3) is 5.91 Å². The van der Waals surface area contributed by atoms with E-state index in [0.717, 1.165) is 5.56 Å². The molecule has 3 rings (SSSR count). The molecule has 1 saturated heterocycles. The number of carbonyl (C=O) groups is 1. The maximum absolute atomic E-state index is 12.9. The van der Waals surface area contributed by atoms with Gasteiger partial charge >= 0.3 is 0 Å². The Balaban J connectivity index is 1.62. The van der Waals surface area contributed by atoms with Crippen molar-refractivity contribution in [3.05, 3.63) is 59.1 Å². The molecular weight excluding hydrogens is 412 g/mol. The Labute approximate surface area is 177 Å². The predicted octanol–water partition coefficient (Wildman–Crippen LogP) is 3.34. The van der Waals surface area contributed by atoms with Crippen LogP contribution in [0.5, 0.6) is 5.75 Å². The summed E-state index contributed by atoms with van der Waals surface area (Å²) in [6.07, 6.45) is -0.0972. The maximum Gasteiger partial charge on any atom is 0.263 e. The van der Waals surface area contributed by atoms with Gasteiger partial charge in [0, 0.05) is 31.2 Å². The van der Waals surface area contributed by atoms with E-state index in [-0.39, 0.29) is 23.9 Å². The van der Waals surface area contributed by atoms with Crippen LogP contribution in [0.1, 0.15) is 18.9 Å². The number of sulfonamides is 1. The molecular formula is C21H25ClN2O4S. The Morgan fingerprint density at radius 3 is 2.17 bits per heavy atom. The summed E-state index contributed by atoms with van der Waals surface area (Å²) in [5.74, 6) is 0.449. The van der Waals surface area contributed by atoms with Crippen molar-refractivity contribution < 1.29 is 17.9 Å². The number of benzene rings is 2. The van der Waals surface area contributed by atoms with Gasteiger partial charge in [0.05, 0.1) is 4.90 Å². The van der Waals surface area contributed by atoms with Gasteiger partial charge in [-0.25, -0.2) is 8.42 Å². The first-order valence-corrected chi connectivity index (χ1v) is 11.4. The van der Waals surface area contributed by atoms with Crippen LogP contribution in [0.3, 0.4) is 0 Å². The molecule has 1 atom stereocenters. The average molecular weight is 437 g/mol. The van der Waals surface area contributed by atoms with Gasteiger partial charge < -0.3 is 9.64 Å². The van der Waals surface area contributed by atoms with Crippen molar-refractivity contribution >= 4 is 27.5 Å². The summed E-state index contributed by atoms with van der Waals surface area (Å²) < 4.78 is 32.9. The van der Waals surface area contributed by atoms with E-state index in [0.29, 0.717) is 30.3 Å². The minimum Gasteiger partial charge on any atom is -0.481 e. The summed E-state index contributed by atoms with van der Waals surface area (Å²) in [5, 5.41) is 0.600. The molecule has 1 amide bonds. The van der Waals surface area contributed by atoms with Crippen LogP contribution in [-0.4, -0.2) is 55.8 Å². The molecule has 0 radical (unpaired) electrons. The number of piperazine rings is 1. The largest absolute Gasteiger partial charge is 0.481 e. The van der Waals surface area contributed by atoms with Gasteiger partial charge in [-0.3, -0.25) is 4.79 Å². The van der Waals surface area contributed by atoms with E-state index in [1.165, 1.54) is 4.31 Å². The van der Waals surface area contributed by atoms with E-state index in [4.69, 9.17) is 16.3 Å². The fourth-order valence-electron chi connectivity index (χ4n) is 3.20. The molecule has 2 aromatic carbocycles. The molecule has 8 heteroatoms. The van der Waals surface area contributed by atoms with Crippen molar-refractivity contribution in [3.8, 4) is 5.75 Å². The number of hydrogen-bond donors (Lipinski definition) is 0. The van der Waals surface area contributed by atoms with Crippen LogP contribution >= 0.6 is 11.6 Å². The molecule has 0 bridgehead atoms. The van der Waals surface area contributed by atoms with Crippen LogP contribution in [0.15, 0.2) is 53.4 Å². The van der Waals surface area contributed by atoms with Gasteiger partial charge in [-0.2, -0.15) is 4.31 Å². The number of nitrogens with zero attached hydrogens (tertiary/aromatic N) is 2. The number of aryl methyl sites for hydroxylation is 1. The number of carbonyl (C=O) groups excluding carboxylic acids is 1. The highest BCUT2D eigenvalue weighted by atomic mass is 35.5. The van der Waals surface area contributed by atoms with Crippen LogP contribution < -0.4 is 4.74 Å². The third-order valence-electron chi connectivity index (χ3n) is 4.95. The minimum absolute atomic E-state index is 0.130. The molecule has 2 aromatic rings. The number of hydrogen-bond acceptors (Lipinski definition) is 4. The highest BCUT2D eigenvalue weighted by molar-refractivity contribution is 7.89. The molecule has 0 unspecified atom stereocenters. The van der Waals surface area contributed by atoms with E-state index in [9.17, 15) is 13.2 Å². The monoisotopic (exact) mass is 436 g/mol. The molecule has 0 saturated carbocycles. The Bertz CT molecular complexity index is 938. The van der Waals surface area contributed by atoms with Gasteiger partial charge in [0.1, 0.15) is 5.75 Å². The molecule has 0 spiro atoms. The van der Waals surface area contributed by atoms with Crippen molar-refractivity contribution in [1.29, 1.82) is 0 Å². The Kier molecular flexibility index (Phi) is 6.82. The van der Waals surface area contributed by atoms with Gasteiger partial charge in [0.2, 0.25) is 10.0 Å². The highest BCUT2D eigenvalue weighted by Gasteiger charge is 2.32. The molecule has 0 N–H and O–H groups in total. The first kappa shape index (κ1) is 21.6. The summed E-state index contributed by atoms with van der Waals surface area (Å²) in [7, 11) is -3.55. The zero-order chi connectivity index (χ0) is 21.0. The summed E-state index contributed by atoms with van der Waals surface area (Å²) in [5.41, 5.74) is 1.01. The third-order valence-corrected chi connectivity index (χ3v) is 7.11. The van der Waals surface area contributed by atoms with Crippen molar-refractivity contribution in [2.45, 2.75) is 31.3 Å². The Morgan fingerprint density at radius 1 is 1.03 bits per heavy atom. The fourth-order valence-corrected chi connectivity index (χ4v) is 4.75. The second-order valence-corrected chi connectivity index (χ2v) is 9.39. The first-order valence-electron chi connectivity index (χ1n) is 9.59. The summed E-state index contributed by atoms with van der Waals surface area (Å²) in [4.78, 5) is 14.8. The van der Waals surface area contributed by atoms with Crippen molar-refractivity contribution in [2.75, 3.05) is 26.2 Å². The molecule has 1 aliphatic rings. The summed E-state index contributed by atoms with van der Waals surface area (Å²) in [6, 6.07) is 13.7. The molecule has 29 heavy (non-hydrogen) atoms. The normalized spacial score (nSPS) is 16.4. The van der Waals surface area contributed by atoms with Crippen molar-refractivity contribution in [2.24, 2.45) is 0 Å². The summed E-state index contributed by atoms with van der Waals surface area (Å²) >= 11 is 5.88. The van der Waals surface area contributed by atoms with Crippen LogP contribution in [0, 0.1) is 6.92 Å². The zero-order valence-electron chi connectivity index (χ0n) is 16.5. The number of halogens is 1. The van der Waals surface area contributed by atoms with E-state index in [2.05, 4.69) is 0 Å². The smallest absolute Gasteiger partial charge is 0.263 e. The Hall–Kier alpha value is -2.09. The number of amides is 1. The summed E-state index contributed by atoms with van der Waals surface area (Å²) in [6.45, 7) is 5.00. The van der Waals surface area contributed by atoms with Crippen molar-refractivity contribution in [3.63, 3.8) is 0 Å². The predicted molar refractivity (Wildman–Crippen MR) is 113 cm³/mol. The lowest BCUT2D eigenvalue weighted by Gasteiger charge is -2.35. The minimum atomic E-state index is -3.55. The SMILES string of the molecule is CC[C@@H](Oc1ccc(Cl)cc1)C(=O)N1CCN(S(=O)(=O)c2ccc(C)cc2)CC1. The first-order chi connectivity index (χ1) is 13.8. The number of ether oxygens (including phenoxy) is 1. The van der Waals surface area contributed by atoms with Gasteiger partial charge in [-0.15, -0.1) is 0 Å². The molecule has 1 fully saturated rings.